The van der Waals surface area contributed by atoms with Gasteiger partial charge in [-0.25, -0.2) is 4.79 Å². The van der Waals surface area contributed by atoms with Gasteiger partial charge in [0.25, 0.3) is 0 Å². The number of ketones is 3. The molecule has 1 aromatic heterocycles. The maximum Gasteiger partial charge on any atom is 0.326 e. The number of benzene rings is 2. The summed E-state index contributed by atoms with van der Waals surface area (Å²) >= 11 is 0. The summed E-state index contributed by atoms with van der Waals surface area (Å²) in [5.41, 5.74) is 30.1. The lowest BCUT2D eigenvalue weighted by Crippen LogP contribution is -2.58. The summed E-state index contributed by atoms with van der Waals surface area (Å²) in [6.07, 6.45) is 2.45. The minimum absolute atomic E-state index is 0.0134. The van der Waals surface area contributed by atoms with Gasteiger partial charge < -0.3 is 65.3 Å². The Morgan fingerprint density at radius 3 is 2.07 bits per heavy atom. The van der Waals surface area contributed by atoms with Crippen LogP contribution in [0.3, 0.4) is 0 Å². The average Bonchev–Trinajstić information content (AvgIpc) is 3.78. The third kappa shape index (κ3) is 21.3. The van der Waals surface area contributed by atoms with Gasteiger partial charge in [0.15, 0.2) is 17.7 Å². The molecule has 3 aromatic rings. The molecule has 23 nitrogen and oxygen atoms in total. The van der Waals surface area contributed by atoms with Gasteiger partial charge in [0.05, 0.1) is 6.04 Å². The fourth-order valence-corrected chi connectivity index (χ4v) is 9.15. The number of amides is 5. The van der Waals surface area contributed by atoms with E-state index in [-0.39, 0.29) is 134 Å². The van der Waals surface area contributed by atoms with E-state index in [0.29, 0.717) is 24.0 Å². The molecule has 23 heteroatoms. The van der Waals surface area contributed by atoms with Crippen LogP contribution in [0.15, 0.2) is 70.8 Å². The molecule has 7 atom stereocenters. The van der Waals surface area contributed by atoms with E-state index in [1.165, 1.54) is 6.92 Å². The lowest BCUT2D eigenvalue weighted by Gasteiger charge is -2.27. The lowest BCUT2D eigenvalue weighted by atomic mass is 9.83. The van der Waals surface area contributed by atoms with Crippen LogP contribution in [0.25, 0.3) is 10.9 Å². The number of aromatic nitrogens is 1. The number of Topliss-reactive ketones (excluding diaryl/α,β-unsaturated/α-hetero) is 3. The predicted octanol–water partition coefficient (Wildman–Crippen LogP) is 0.792. The topological polar surface area (TPSA) is 405 Å². The number of nitrogens with one attached hydrogen (secondary N) is 6. The molecule has 1 fully saturated rings. The Labute approximate surface area is 442 Å². The summed E-state index contributed by atoms with van der Waals surface area (Å²) in [5, 5.41) is 24.6. The predicted molar refractivity (Wildman–Crippen MR) is 287 cm³/mol. The highest BCUT2D eigenvalue weighted by molar-refractivity contribution is 5.98. The summed E-state index contributed by atoms with van der Waals surface area (Å²) in [6, 6.07) is 9.77. The van der Waals surface area contributed by atoms with Crippen molar-refractivity contribution in [3.8, 4) is 0 Å². The molecule has 0 aliphatic carbocycles. The smallest absolute Gasteiger partial charge is 0.326 e. The minimum Gasteiger partial charge on any atom is -0.480 e. The second-order valence-electron chi connectivity index (χ2n) is 19.3. The molecule has 0 bridgehead atoms. The molecular weight excluding hydrogens is 979 g/mol. The van der Waals surface area contributed by atoms with Crippen LogP contribution in [0.2, 0.25) is 0 Å². The number of guanidine groups is 2. The second-order valence-corrected chi connectivity index (χ2v) is 19.3. The number of rotatable bonds is 20. The van der Waals surface area contributed by atoms with Crippen molar-refractivity contribution < 1.29 is 48.3 Å². The molecule has 1 aliphatic heterocycles. The number of carboxylic acids is 1. The number of nitrogens with zero attached hydrogens (tertiary/aromatic N) is 2. The number of hydrogen-bond donors (Lipinski definition) is 12. The Kier molecular flexibility index (Phi) is 25.6. The highest BCUT2D eigenvalue weighted by Crippen LogP contribution is 2.26. The number of aliphatic imine (C=N–C) groups is 2. The van der Waals surface area contributed by atoms with Crippen LogP contribution in [-0.2, 0) is 56.0 Å². The first kappa shape index (κ1) is 60.9. The zero-order valence-corrected chi connectivity index (χ0v) is 43.4. The number of H-pyrrole nitrogens is 1. The number of carbonyl (C=O) groups excluding carboxylic acids is 8. The van der Waals surface area contributed by atoms with Gasteiger partial charge >= 0.3 is 5.97 Å². The van der Waals surface area contributed by atoms with Crippen molar-refractivity contribution in [2.45, 2.75) is 146 Å². The van der Waals surface area contributed by atoms with Gasteiger partial charge in [-0.15, -0.1) is 0 Å². The number of nitrogens with two attached hydrogens (primary N) is 5. The van der Waals surface area contributed by atoms with Crippen LogP contribution in [0.4, 0.5) is 0 Å². The molecule has 4 rings (SSSR count). The molecule has 0 saturated carbocycles. The van der Waals surface area contributed by atoms with E-state index >= 15 is 0 Å². The normalized spacial score (nSPS) is 21.3. The zero-order chi connectivity index (χ0) is 55.6. The maximum atomic E-state index is 14.8. The van der Waals surface area contributed by atoms with Crippen LogP contribution >= 0.6 is 0 Å². The van der Waals surface area contributed by atoms with Gasteiger partial charge in [0, 0.05) is 74.6 Å². The standard InChI is InChI=1S/C53H77N13O10/c1-32(67)62-40(21-12-26-60-53(57)58)48(72)64-42-23-22-37(68)16-5-7-20-43(51(75)76)65-47(71)35(28-36-31-61-39-18-8-6-17-38(36)39)30-45(69)34(15-11-25-59-52(55)56)29-46(70)44(27-33-13-3-2-4-14-33)66-49(73)41(63-50(42)74)19-9-10-24-54/h2-4,6,8,13-14,17-18,31,34-35,40-44,61H,5,7,9-12,15-16,19-30,54H2,1H3,(H,62,67)(H,63,74)(H,64,72)(H,65,71)(H,66,73)(H,75,76)(H4,55,56,59)(H4,57,58,60)/t34-,35-,40+,41+,42+,43+,44-/m1/s1. The number of hydrogen-bond acceptors (Lipinski definition) is 12. The van der Waals surface area contributed by atoms with Gasteiger partial charge in [0.2, 0.25) is 29.5 Å². The first-order chi connectivity index (χ1) is 36.3. The first-order valence-electron chi connectivity index (χ1n) is 26.0. The number of unbranched alkanes of at least 4 members (excludes halogenated alkanes) is 1. The fraction of sp³-hybridized carbons (Fsp3) is 0.528. The Bertz CT molecular complexity index is 2510. The van der Waals surface area contributed by atoms with Crippen molar-refractivity contribution >= 4 is 75.7 Å². The molecule has 0 radical (unpaired) electrons. The molecule has 0 unspecified atom stereocenters. The largest absolute Gasteiger partial charge is 0.480 e. The van der Waals surface area contributed by atoms with Gasteiger partial charge in [-0.05, 0) is 101 Å². The molecule has 2 aromatic carbocycles. The number of para-hydroxylation sites is 1. The number of aromatic amines is 1. The van der Waals surface area contributed by atoms with Gasteiger partial charge in [0.1, 0.15) is 35.7 Å². The van der Waals surface area contributed by atoms with E-state index in [4.69, 9.17) is 28.7 Å². The van der Waals surface area contributed by atoms with E-state index in [2.05, 4.69) is 41.6 Å². The van der Waals surface area contributed by atoms with Crippen molar-refractivity contribution in [3.63, 3.8) is 0 Å². The SMILES string of the molecule is CC(=O)N[C@@H](CCCN=C(N)N)C(=O)N[C@H]1CCC(=O)CCCC[C@@H](C(=O)O)NC(=O)[C@H](Cc2c[nH]c3ccccc23)CC(=O)[C@H](CCCN=C(N)N)CC(=O)[C@@H](Cc2ccccc2)NC(=O)[C@H](CCCCN)NC1=O. The van der Waals surface area contributed by atoms with Crippen molar-refractivity contribution in [1.82, 2.24) is 31.6 Å². The maximum absolute atomic E-state index is 14.8. The second kappa shape index (κ2) is 31.9. The number of fused-ring (bicyclic) bond motifs is 1. The fourth-order valence-electron chi connectivity index (χ4n) is 9.15. The molecular formula is C53H77N13O10. The van der Waals surface area contributed by atoms with Gasteiger partial charge in [-0.2, -0.15) is 0 Å². The molecule has 1 aliphatic rings. The summed E-state index contributed by atoms with van der Waals surface area (Å²) in [4.78, 5) is 136. The third-order valence-electron chi connectivity index (χ3n) is 13.2. The van der Waals surface area contributed by atoms with E-state index in [9.17, 15) is 48.3 Å². The number of aliphatic carboxylic acids is 1. The summed E-state index contributed by atoms with van der Waals surface area (Å²) < 4.78 is 0. The summed E-state index contributed by atoms with van der Waals surface area (Å²) in [7, 11) is 0. The van der Waals surface area contributed by atoms with Gasteiger partial charge in [-0.1, -0.05) is 55.0 Å². The van der Waals surface area contributed by atoms with Crippen LogP contribution in [0.1, 0.15) is 114 Å². The third-order valence-corrected chi connectivity index (χ3v) is 13.2. The van der Waals surface area contributed by atoms with Crippen molar-refractivity contribution in [2.24, 2.45) is 50.5 Å². The van der Waals surface area contributed by atoms with Crippen LogP contribution < -0.4 is 55.3 Å². The Morgan fingerprint density at radius 1 is 0.711 bits per heavy atom. The van der Waals surface area contributed by atoms with E-state index in [0.717, 1.165) is 10.9 Å². The molecule has 1 saturated heterocycles. The van der Waals surface area contributed by atoms with Crippen LogP contribution in [0.5, 0.6) is 0 Å². The minimum atomic E-state index is -1.41. The Hall–Kier alpha value is -7.69. The molecule has 414 valence electrons. The van der Waals surface area contributed by atoms with Crippen LogP contribution in [0, 0.1) is 11.8 Å². The van der Waals surface area contributed by atoms with Crippen LogP contribution in [-0.4, -0.2) is 125 Å². The van der Waals surface area contributed by atoms with Crippen molar-refractivity contribution in [2.75, 3.05) is 19.6 Å². The lowest BCUT2D eigenvalue weighted by molar-refractivity contribution is -0.143. The van der Waals surface area contributed by atoms with Crippen molar-refractivity contribution in [3.05, 3.63) is 71.9 Å². The monoisotopic (exact) mass is 1060 g/mol. The molecule has 2 heterocycles. The quantitative estimate of drug-likeness (QED) is 0.0423. The molecule has 0 spiro atoms. The zero-order valence-electron chi connectivity index (χ0n) is 43.4. The van der Waals surface area contributed by atoms with Crippen molar-refractivity contribution in [1.29, 1.82) is 0 Å². The van der Waals surface area contributed by atoms with E-state index in [1.807, 2.05) is 24.3 Å². The van der Waals surface area contributed by atoms with Gasteiger partial charge in [-0.3, -0.25) is 48.3 Å². The highest BCUT2D eigenvalue weighted by atomic mass is 16.4. The van der Waals surface area contributed by atoms with E-state index in [1.54, 1.807) is 36.5 Å². The first-order valence-corrected chi connectivity index (χ1v) is 26.0. The summed E-state index contributed by atoms with van der Waals surface area (Å²) in [6.45, 7) is 1.75. The molecule has 76 heavy (non-hydrogen) atoms. The Morgan fingerprint density at radius 2 is 1.38 bits per heavy atom. The average molecular weight is 1060 g/mol. The highest BCUT2D eigenvalue weighted by Gasteiger charge is 2.35. The molecule has 5 amide bonds. The van der Waals surface area contributed by atoms with E-state index < -0.39 is 89.1 Å². The summed E-state index contributed by atoms with van der Waals surface area (Å²) in [5.74, 6) is -8.61. The Balaban J connectivity index is 1.78. The molecule has 17 N–H and O–H groups in total. The number of carbonyl (C=O) groups is 9. The number of carboxylic acid groups (broad SMARTS) is 1.